The van der Waals surface area contributed by atoms with Gasteiger partial charge in [-0.15, -0.1) is 10.2 Å². The van der Waals surface area contributed by atoms with Gasteiger partial charge in [0, 0.05) is 19.3 Å². The number of carbonyl (C=O) groups is 1. The molecular formula is C8H9N5O2S2. The monoisotopic (exact) mass is 271 g/mol. The Morgan fingerprint density at radius 2 is 2.47 bits per heavy atom. The van der Waals surface area contributed by atoms with Crippen molar-refractivity contribution >= 4 is 40.0 Å². The van der Waals surface area contributed by atoms with Crippen molar-refractivity contribution in [3.05, 3.63) is 12.3 Å². The van der Waals surface area contributed by atoms with Gasteiger partial charge in [-0.25, -0.2) is 0 Å². The van der Waals surface area contributed by atoms with E-state index in [-0.39, 0.29) is 5.75 Å². The van der Waals surface area contributed by atoms with Crippen LogP contribution < -0.4 is 5.32 Å². The fraction of sp³-hybridized carbons (Fsp3) is 0.250. The summed E-state index contributed by atoms with van der Waals surface area (Å²) in [6.07, 6.45) is 1.81. The molecule has 0 aliphatic heterocycles. The van der Waals surface area contributed by atoms with Crippen LogP contribution in [0.1, 0.15) is 0 Å². The minimum atomic E-state index is -0.871. The molecule has 0 bridgehead atoms. The summed E-state index contributed by atoms with van der Waals surface area (Å²) in [6.45, 7) is 0. The zero-order valence-electron chi connectivity index (χ0n) is 8.82. The molecule has 2 heterocycles. The Bertz CT molecular complexity index is 523. The number of aliphatic carboxylic acids is 1. The molecule has 9 heteroatoms. The van der Waals surface area contributed by atoms with E-state index in [0.717, 1.165) is 11.8 Å². The summed E-state index contributed by atoms with van der Waals surface area (Å²) in [4.78, 5) is 10.4. The molecule has 2 aromatic rings. The highest BCUT2D eigenvalue weighted by atomic mass is 32.2. The lowest BCUT2D eigenvalue weighted by molar-refractivity contribution is -0.133. The molecule has 0 aromatic carbocycles. The van der Waals surface area contributed by atoms with Crippen LogP contribution in [0.5, 0.6) is 0 Å². The number of nitrogens with one attached hydrogen (secondary N) is 1. The minimum absolute atomic E-state index is 0.0157. The van der Waals surface area contributed by atoms with Crippen LogP contribution >= 0.6 is 23.1 Å². The van der Waals surface area contributed by atoms with Crippen molar-refractivity contribution in [1.82, 2.24) is 20.0 Å². The third kappa shape index (κ3) is 3.43. The minimum Gasteiger partial charge on any atom is -0.481 e. The van der Waals surface area contributed by atoms with E-state index < -0.39 is 5.97 Å². The topological polar surface area (TPSA) is 92.9 Å². The van der Waals surface area contributed by atoms with Crippen LogP contribution in [0.4, 0.5) is 10.9 Å². The molecule has 17 heavy (non-hydrogen) atoms. The Balaban J connectivity index is 1.96. The smallest absolute Gasteiger partial charge is 0.313 e. The fourth-order valence-electron chi connectivity index (χ4n) is 1.03. The van der Waals surface area contributed by atoms with Gasteiger partial charge >= 0.3 is 5.97 Å². The normalized spacial score (nSPS) is 10.4. The van der Waals surface area contributed by atoms with Crippen molar-refractivity contribution in [2.24, 2.45) is 7.05 Å². The molecule has 90 valence electrons. The highest BCUT2D eigenvalue weighted by Gasteiger charge is 2.07. The van der Waals surface area contributed by atoms with Gasteiger partial charge in [0.2, 0.25) is 5.13 Å². The molecule has 7 nitrogen and oxygen atoms in total. The summed E-state index contributed by atoms with van der Waals surface area (Å²) >= 11 is 2.44. The molecule has 0 atom stereocenters. The van der Waals surface area contributed by atoms with Crippen LogP contribution in [-0.4, -0.2) is 36.8 Å². The summed E-state index contributed by atoms with van der Waals surface area (Å²) in [5.74, 6) is -0.207. The molecule has 0 fully saturated rings. The van der Waals surface area contributed by atoms with Crippen molar-refractivity contribution in [2.75, 3.05) is 11.1 Å². The first-order chi connectivity index (χ1) is 8.13. The maximum atomic E-state index is 10.4. The number of hydrogen-bond donors (Lipinski definition) is 2. The zero-order chi connectivity index (χ0) is 12.3. The highest BCUT2D eigenvalue weighted by Crippen LogP contribution is 2.26. The Morgan fingerprint density at radius 1 is 1.65 bits per heavy atom. The van der Waals surface area contributed by atoms with Crippen LogP contribution in [0.2, 0.25) is 0 Å². The maximum absolute atomic E-state index is 10.4. The van der Waals surface area contributed by atoms with Crippen LogP contribution in [0, 0.1) is 0 Å². The van der Waals surface area contributed by atoms with Gasteiger partial charge in [-0.05, 0) is 0 Å². The second-order valence-corrected chi connectivity index (χ2v) is 5.26. The molecule has 0 radical (unpaired) electrons. The van der Waals surface area contributed by atoms with E-state index in [1.807, 2.05) is 19.3 Å². The van der Waals surface area contributed by atoms with Crippen molar-refractivity contribution in [3.63, 3.8) is 0 Å². The molecule has 2 rings (SSSR count). The summed E-state index contributed by atoms with van der Waals surface area (Å²) in [7, 11) is 1.82. The van der Waals surface area contributed by atoms with Crippen molar-refractivity contribution in [2.45, 2.75) is 4.34 Å². The predicted octanol–water partition coefficient (Wildman–Crippen LogP) is 1.19. The second kappa shape index (κ2) is 5.15. The lowest BCUT2D eigenvalue weighted by Gasteiger charge is -1.94. The van der Waals surface area contributed by atoms with Gasteiger partial charge in [0.15, 0.2) is 10.2 Å². The molecule has 0 spiro atoms. The average Bonchev–Trinajstić information content (AvgIpc) is 2.86. The molecule has 0 unspecified atom stereocenters. The molecule has 0 saturated heterocycles. The molecule has 2 aromatic heterocycles. The first kappa shape index (κ1) is 11.9. The lowest BCUT2D eigenvalue weighted by atomic mass is 10.6. The van der Waals surface area contributed by atoms with Gasteiger partial charge in [0.1, 0.15) is 0 Å². The first-order valence-electron chi connectivity index (χ1n) is 4.58. The number of carboxylic acids is 1. The number of rotatable bonds is 5. The Hall–Kier alpha value is -1.61. The number of aromatic nitrogens is 4. The summed E-state index contributed by atoms with van der Waals surface area (Å²) in [5.41, 5.74) is 0. The Kier molecular flexibility index (Phi) is 3.59. The molecular weight excluding hydrogens is 262 g/mol. The van der Waals surface area contributed by atoms with E-state index in [0.29, 0.717) is 15.3 Å². The largest absolute Gasteiger partial charge is 0.481 e. The van der Waals surface area contributed by atoms with Gasteiger partial charge in [0.05, 0.1) is 5.75 Å². The standard InChI is InChI=1S/C8H9N5O2S2/c1-13-3-2-5(12-13)9-7-10-11-8(17-7)16-4-6(14)15/h2-3H,4H2,1H3,(H,14,15)(H,9,10,12). The van der Waals surface area contributed by atoms with E-state index in [1.54, 1.807) is 4.68 Å². The van der Waals surface area contributed by atoms with Crippen molar-refractivity contribution < 1.29 is 9.90 Å². The predicted molar refractivity (Wildman–Crippen MR) is 64.8 cm³/mol. The summed E-state index contributed by atoms with van der Waals surface area (Å²) in [5, 5.41) is 24.0. The number of thioether (sulfide) groups is 1. The van der Waals surface area contributed by atoms with Gasteiger partial charge in [-0.1, -0.05) is 23.1 Å². The van der Waals surface area contributed by atoms with Crippen molar-refractivity contribution in [3.8, 4) is 0 Å². The van der Waals surface area contributed by atoms with Crippen molar-refractivity contribution in [1.29, 1.82) is 0 Å². The van der Waals surface area contributed by atoms with E-state index in [9.17, 15) is 4.79 Å². The molecule has 2 N–H and O–H groups in total. The van der Waals surface area contributed by atoms with Gasteiger partial charge in [-0.3, -0.25) is 9.48 Å². The number of carboxylic acid groups (broad SMARTS) is 1. The highest BCUT2D eigenvalue weighted by molar-refractivity contribution is 8.01. The Morgan fingerprint density at radius 3 is 3.12 bits per heavy atom. The third-order valence-corrected chi connectivity index (χ3v) is 3.63. The number of aryl methyl sites for hydroxylation is 1. The van der Waals surface area contributed by atoms with Gasteiger partial charge in [-0.2, -0.15) is 5.10 Å². The van der Waals surface area contributed by atoms with Gasteiger partial charge < -0.3 is 10.4 Å². The molecule has 0 saturated carbocycles. The fourth-order valence-corrected chi connectivity index (χ4v) is 2.51. The van der Waals surface area contributed by atoms with Gasteiger partial charge in [0.25, 0.3) is 0 Å². The van der Waals surface area contributed by atoms with E-state index in [4.69, 9.17) is 5.11 Å². The SMILES string of the molecule is Cn1ccc(Nc2nnc(SCC(=O)O)s2)n1. The molecule has 0 amide bonds. The number of anilines is 2. The van der Waals surface area contributed by atoms with Crippen LogP contribution in [0.25, 0.3) is 0 Å². The third-order valence-electron chi connectivity index (χ3n) is 1.67. The van der Waals surface area contributed by atoms with E-state index in [2.05, 4.69) is 20.6 Å². The maximum Gasteiger partial charge on any atom is 0.313 e. The van der Waals surface area contributed by atoms with Crippen LogP contribution in [0.15, 0.2) is 16.6 Å². The summed E-state index contributed by atoms with van der Waals surface area (Å²) in [6, 6.07) is 1.81. The quantitative estimate of drug-likeness (QED) is 0.789. The molecule has 0 aliphatic carbocycles. The van der Waals surface area contributed by atoms with Crippen LogP contribution in [-0.2, 0) is 11.8 Å². The molecule has 0 aliphatic rings. The lowest BCUT2D eigenvalue weighted by Crippen LogP contribution is -1.96. The second-order valence-electron chi connectivity index (χ2n) is 3.06. The first-order valence-corrected chi connectivity index (χ1v) is 6.38. The summed E-state index contributed by atoms with van der Waals surface area (Å²) < 4.78 is 2.29. The van der Waals surface area contributed by atoms with E-state index >= 15 is 0 Å². The number of nitrogens with zero attached hydrogens (tertiary/aromatic N) is 4. The number of hydrogen-bond acceptors (Lipinski definition) is 7. The average molecular weight is 271 g/mol. The van der Waals surface area contributed by atoms with E-state index in [1.165, 1.54) is 11.3 Å². The van der Waals surface area contributed by atoms with Crippen LogP contribution in [0.3, 0.4) is 0 Å². The Labute approximate surface area is 105 Å². The zero-order valence-corrected chi connectivity index (χ0v) is 10.5.